The van der Waals surface area contributed by atoms with Gasteiger partial charge in [0.15, 0.2) is 5.78 Å². The fraction of sp³-hybridized carbons (Fsp3) is 0.692. The molecule has 0 aliphatic rings. The quantitative estimate of drug-likeness (QED) is 0.431. The zero-order valence-electron chi connectivity index (χ0n) is 10.5. The van der Waals surface area contributed by atoms with E-state index < -0.39 is 11.6 Å². The van der Waals surface area contributed by atoms with Crippen molar-refractivity contribution < 1.29 is 19.2 Å². The lowest BCUT2D eigenvalue weighted by Gasteiger charge is -2.15. The Bertz CT molecular complexity index is 283. The van der Waals surface area contributed by atoms with Crippen molar-refractivity contribution in [3.63, 3.8) is 0 Å². The maximum atomic E-state index is 11.8. The Hall–Kier alpha value is -1.32. The summed E-state index contributed by atoms with van der Waals surface area (Å²) in [5, 5.41) is 0. The average molecular weight is 240 g/mol. The lowest BCUT2D eigenvalue weighted by molar-refractivity contribution is -0.139. The molecule has 4 nitrogen and oxygen atoms in total. The summed E-state index contributed by atoms with van der Waals surface area (Å²) in [7, 11) is 0. The lowest BCUT2D eigenvalue weighted by Crippen LogP contribution is -2.25. The van der Waals surface area contributed by atoms with E-state index in [0.717, 1.165) is 6.29 Å². The molecule has 0 spiro atoms. The van der Waals surface area contributed by atoms with E-state index >= 15 is 0 Å². The molecule has 4 heteroatoms. The molecular weight excluding hydrogens is 220 g/mol. The Morgan fingerprint density at radius 1 is 1.12 bits per heavy atom. The van der Waals surface area contributed by atoms with Crippen molar-refractivity contribution in [3.8, 4) is 0 Å². The maximum absolute atomic E-state index is 11.8. The van der Waals surface area contributed by atoms with E-state index in [1.165, 1.54) is 0 Å². The molecular formula is C13H20O4. The van der Waals surface area contributed by atoms with Gasteiger partial charge in [0, 0.05) is 24.7 Å². The van der Waals surface area contributed by atoms with Gasteiger partial charge in [0.05, 0.1) is 0 Å². The molecule has 0 fully saturated rings. The molecule has 0 saturated heterocycles. The van der Waals surface area contributed by atoms with Gasteiger partial charge in [-0.1, -0.05) is 13.8 Å². The molecule has 0 amide bonds. The van der Waals surface area contributed by atoms with Crippen molar-refractivity contribution in [2.24, 2.45) is 11.8 Å². The zero-order valence-corrected chi connectivity index (χ0v) is 10.5. The first-order valence-electron chi connectivity index (χ1n) is 6.06. The maximum Gasteiger partial charge on any atom is 0.201 e. The van der Waals surface area contributed by atoms with Crippen molar-refractivity contribution >= 4 is 24.1 Å². The Labute approximate surface area is 102 Å². The SMILES string of the molecule is CCC(C=O)CC(CC)C(=O)C(=O)CCC=O. The van der Waals surface area contributed by atoms with Crippen LogP contribution < -0.4 is 0 Å². The summed E-state index contributed by atoms with van der Waals surface area (Å²) in [6.45, 7) is 3.71. The molecule has 0 aromatic rings. The van der Waals surface area contributed by atoms with Crippen LogP contribution in [0.4, 0.5) is 0 Å². The number of carbonyl (C=O) groups excluding carboxylic acids is 4. The first-order valence-corrected chi connectivity index (χ1v) is 6.06. The van der Waals surface area contributed by atoms with Crippen molar-refractivity contribution in [1.82, 2.24) is 0 Å². The largest absolute Gasteiger partial charge is 0.303 e. The minimum atomic E-state index is -0.496. The van der Waals surface area contributed by atoms with Gasteiger partial charge < -0.3 is 9.59 Å². The number of rotatable bonds is 10. The molecule has 0 rings (SSSR count). The predicted molar refractivity (Wildman–Crippen MR) is 63.6 cm³/mol. The molecule has 2 atom stereocenters. The highest BCUT2D eigenvalue weighted by atomic mass is 16.2. The molecule has 0 aromatic carbocycles. The Kier molecular flexibility index (Phi) is 8.11. The van der Waals surface area contributed by atoms with Gasteiger partial charge in [0.1, 0.15) is 12.6 Å². The van der Waals surface area contributed by atoms with E-state index in [9.17, 15) is 19.2 Å². The summed E-state index contributed by atoms with van der Waals surface area (Å²) in [5.74, 6) is -1.48. The minimum absolute atomic E-state index is 0.0171. The Morgan fingerprint density at radius 3 is 2.18 bits per heavy atom. The van der Waals surface area contributed by atoms with Crippen LogP contribution in [0.15, 0.2) is 0 Å². The van der Waals surface area contributed by atoms with Crippen molar-refractivity contribution in [2.45, 2.75) is 46.0 Å². The van der Waals surface area contributed by atoms with Gasteiger partial charge in [-0.15, -0.1) is 0 Å². The number of hydrogen-bond acceptors (Lipinski definition) is 4. The minimum Gasteiger partial charge on any atom is -0.303 e. The van der Waals surface area contributed by atoms with Crippen LogP contribution in [-0.4, -0.2) is 24.1 Å². The van der Waals surface area contributed by atoms with Crippen molar-refractivity contribution in [3.05, 3.63) is 0 Å². The Morgan fingerprint density at radius 2 is 1.76 bits per heavy atom. The van der Waals surface area contributed by atoms with Gasteiger partial charge >= 0.3 is 0 Å². The number of carbonyl (C=O) groups is 4. The highest BCUT2D eigenvalue weighted by Crippen LogP contribution is 2.19. The Balaban J connectivity index is 4.43. The smallest absolute Gasteiger partial charge is 0.201 e. The molecule has 17 heavy (non-hydrogen) atoms. The summed E-state index contributed by atoms with van der Waals surface area (Å²) in [6.07, 6.45) is 3.20. The zero-order chi connectivity index (χ0) is 13.3. The third-order valence-electron chi connectivity index (χ3n) is 2.93. The topological polar surface area (TPSA) is 68.3 Å². The van der Waals surface area contributed by atoms with Gasteiger partial charge in [-0.05, 0) is 19.3 Å². The molecule has 2 unspecified atom stereocenters. The third kappa shape index (κ3) is 5.52. The van der Waals surface area contributed by atoms with E-state index in [2.05, 4.69) is 0 Å². The second-order valence-corrected chi connectivity index (χ2v) is 4.14. The van der Waals surface area contributed by atoms with Crippen LogP contribution in [0.1, 0.15) is 46.0 Å². The van der Waals surface area contributed by atoms with Crippen LogP contribution in [0.2, 0.25) is 0 Å². The monoisotopic (exact) mass is 240 g/mol. The van der Waals surface area contributed by atoms with Crippen LogP contribution >= 0.6 is 0 Å². The van der Waals surface area contributed by atoms with E-state index in [0.29, 0.717) is 25.5 Å². The molecule has 0 heterocycles. The number of Topliss-reactive ketones (excluding diaryl/α,β-unsaturated/α-hetero) is 2. The molecule has 96 valence electrons. The fourth-order valence-electron chi connectivity index (χ4n) is 1.68. The van der Waals surface area contributed by atoms with Crippen molar-refractivity contribution in [2.75, 3.05) is 0 Å². The van der Waals surface area contributed by atoms with Crippen LogP contribution in [0.25, 0.3) is 0 Å². The third-order valence-corrected chi connectivity index (χ3v) is 2.93. The molecule has 0 bridgehead atoms. The summed E-state index contributed by atoms with van der Waals surface area (Å²) in [4.78, 5) is 44.1. The van der Waals surface area contributed by atoms with Crippen LogP contribution in [0.5, 0.6) is 0 Å². The van der Waals surface area contributed by atoms with Gasteiger partial charge in [-0.25, -0.2) is 0 Å². The van der Waals surface area contributed by atoms with Crippen LogP contribution in [0, 0.1) is 11.8 Å². The van der Waals surface area contributed by atoms with Crippen molar-refractivity contribution in [1.29, 1.82) is 0 Å². The molecule has 0 aromatic heterocycles. The summed E-state index contributed by atoms with van der Waals surface area (Å²) in [5.41, 5.74) is 0. The van der Waals surface area contributed by atoms with Gasteiger partial charge in [-0.2, -0.15) is 0 Å². The van der Waals surface area contributed by atoms with Gasteiger partial charge in [0.25, 0.3) is 0 Å². The normalized spacial score (nSPS) is 13.8. The average Bonchev–Trinajstić information content (AvgIpc) is 2.36. The van der Waals surface area contributed by atoms with E-state index in [1.807, 2.05) is 13.8 Å². The summed E-state index contributed by atoms with van der Waals surface area (Å²) in [6, 6.07) is 0. The molecule has 0 saturated carbocycles. The second-order valence-electron chi connectivity index (χ2n) is 4.14. The van der Waals surface area contributed by atoms with E-state index in [4.69, 9.17) is 0 Å². The van der Waals surface area contributed by atoms with Crippen LogP contribution in [0.3, 0.4) is 0 Å². The highest BCUT2D eigenvalue weighted by Gasteiger charge is 2.25. The highest BCUT2D eigenvalue weighted by molar-refractivity contribution is 6.38. The molecule has 0 aliphatic heterocycles. The van der Waals surface area contributed by atoms with E-state index in [-0.39, 0.29) is 24.7 Å². The molecule has 0 N–H and O–H groups in total. The predicted octanol–water partition coefficient (Wildman–Crippen LogP) is 1.75. The summed E-state index contributed by atoms with van der Waals surface area (Å²) < 4.78 is 0. The lowest BCUT2D eigenvalue weighted by atomic mass is 9.86. The van der Waals surface area contributed by atoms with E-state index in [1.54, 1.807) is 0 Å². The number of hydrogen-bond donors (Lipinski definition) is 0. The molecule has 0 radical (unpaired) electrons. The van der Waals surface area contributed by atoms with Gasteiger partial charge in [-0.3, -0.25) is 9.59 Å². The van der Waals surface area contributed by atoms with Crippen LogP contribution in [-0.2, 0) is 19.2 Å². The number of ketones is 2. The fourth-order valence-corrected chi connectivity index (χ4v) is 1.68. The number of aldehydes is 2. The first-order chi connectivity index (χ1) is 8.10. The first kappa shape index (κ1) is 15.7. The molecule has 0 aliphatic carbocycles. The van der Waals surface area contributed by atoms with Gasteiger partial charge in [0.2, 0.25) is 5.78 Å². The second kappa shape index (κ2) is 8.79. The summed E-state index contributed by atoms with van der Waals surface area (Å²) >= 11 is 0. The standard InChI is InChI=1S/C13H20O4/c1-3-10(9-15)8-11(4-2)13(17)12(16)6-5-7-14/h7,9-11H,3-6,8H2,1-2H3.